The minimum atomic E-state index is -1.94. The van der Waals surface area contributed by atoms with Gasteiger partial charge < -0.3 is 34.1 Å². The quantitative estimate of drug-likeness (QED) is 0.0730. The number of hydrogen-bond acceptors (Lipinski definition) is 9. The Labute approximate surface area is 297 Å². The summed E-state index contributed by atoms with van der Waals surface area (Å²) < 4.78 is 24.4. The first-order valence-electron chi connectivity index (χ1n) is 18.2. The van der Waals surface area contributed by atoms with Crippen LogP contribution in [0.3, 0.4) is 0 Å². The average Bonchev–Trinajstić information content (AvgIpc) is 3.87. The predicted octanol–water partition coefficient (Wildman–Crippen LogP) is 5.55. The van der Waals surface area contributed by atoms with E-state index in [1.807, 2.05) is 23.9 Å². The van der Waals surface area contributed by atoms with Gasteiger partial charge in [0, 0.05) is 74.0 Å². The van der Waals surface area contributed by atoms with Crippen molar-refractivity contribution in [2.45, 2.75) is 119 Å². The summed E-state index contributed by atoms with van der Waals surface area (Å²) in [5, 5.41) is 6.24. The molecule has 7 rings (SSSR count). The molecular weight excluding hydrogens is 658 g/mol. The molecule has 2 N–H and O–H groups in total. The highest BCUT2D eigenvalue weighted by Crippen LogP contribution is 2.47. The number of nitrogens with one attached hydrogen (secondary N) is 2. The summed E-state index contributed by atoms with van der Waals surface area (Å²) in [5.41, 5.74) is -1.08. The lowest BCUT2D eigenvalue weighted by atomic mass is 9.85. The lowest BCUT2D eigenvalue weighted by Gasteiger charge is -2.47. The molecule has 0 saturated carbocycles. The molecule has 2 aromatic rings. The Morgan fingerprint density at radius 3 is 2.18 bits per heavy atom. The second-order valence-corrected chi connectivity index (χ2v) is 15.7. The molecule has 5 heterocycles. The molecule has 1 spiro atoms. The second-order valence-electron chi connectivity index (χ2n) is 14.4. The van der Waals surface area contributed by atoms with Crippen molar-refractivity contribution in [1.82, 2.24) is 10.6 Å². The molecule has 6 atom stereocenters. The van der Waals surface area contributed by atoms with Gasteiger partial charge in [0.15, 0.2) is 0 Å². The number of carbonyl (C=O) groups is 4. The van der Waals surface area contributed by atoms with E-state index in [4.69, 9.17) is 18.9 Å². The zero-order valence-electron chi connectivity index (χ0n) is 28.6. The standard InChI is InChI=1S/C38H47N3O8S/c1-25(46-33(42)17-9-8-16-32-34-31(24-50-32)39-36(44)40-34)47-37(45)49-38(26-12-4-2-5-13-26,27-14-6-3-7-15-27)35(43)48-30-22-28-18-19-29(23-30)41(28)20-10-11-21-41/h2-7,12-15,25,28-32,34H,8-11,16-24H2,1H3,(H-,39,40,44)/p+1/t25?,28?,29?,30?,31-,32-,34-/m0/s1. The van der Waals surface area contributed by atoms with Crippen molar-refractivity contribution >= 4 is 35.9 Å². The third kappa shape index (κ3) is 6.93. The van der Waals surface area contributed by atoms with E-state index < -0.39 is 30.0 Å². The Morgan fingerprint density at radius 1 is 0.900 bits per heavy atom. The number of carbonyl (C=O) groups excluding carboxylic acids is 4. The van der Waals surface area contributed by atoms with Crippen LogP contribution >= 0.6 is 11.8 Å². The van der Waals surface area contributed by atoms with E-state index in [9.17, 15) is 19.2 Å². The van der Waals surface area contributed by atoms with Crippen LogP contribution in [0.1, 0.15) is 82.3 Å². The first-order chi connectivity index (χ1) is 24.3. The van der Waals surface area contributed by atoms with Gasteiger partial charge in [-0.15, -0.1) is 0 Å². The van der Waals surface area contributed by atoms with Crippen molar-refractivity contribution in [2.24, 2.45) is 0 Å². The van der Waals surface area contributed by atoms with Crippen LogP contribution in [0.5, 0.6) is 0 Å². The molecular formula is C38H48N3O8S+. The Bertz CT molecular complexity index is 1480. The van der Waals surface area contributed by atoms with Crippen LogP contribution in [0.15, 0.2) is 60.7 Å². The number of unbranched alkanes of at least 4 members (excludes halogenated alkanes) is 1. The molecule has 0 aliphatic carbocycles. The molecule has 12 heteroatoms. The Morgan fingerprint density at radius 2 is 1.54 bits per heavy atom. The van der Waals surface area contributed by atoms with Gasteiger partial charge in [0.1, 0.15) is 6.10 Å². The SMILES string of the molecule is CC(OC(=O)CCCC[C@@H]1SC[C@@H]2NC(=O)N[C@@H]21)OC(=O)OC(C(=O)OC1CC2CCC(C1)[N+]21CCCC1)(c1ccccc1)c1ccccc1. The molecule has 2 aromatic carbocycles. The van der Waals surface area contributed by atoms with Crippen molar-refractivity contribution in [3.63, 3.8) is 0 Å². The van der Waals surface area contributed by atoms with E-state index in [1.54, 1.807) is 48.5 Å². The Hall–Kier alpha value is -3.77. The Balaban J connectivity index is 0.989. The third-order valence-electron chi connectivity index (χ3n) is 11.5. The lowest BCUT2D eigenvalue weighted by Crippen LogP contribution is -2.60. The molecule has 5 aliphatic rings. The normalized spacial score (nSPS) is 28.3. The number of piperidine rings is 1. The number of benzene rings is 2. The maximum absolute atomic E-state index is 14.5. The molecule has 5 fully saturated rings. The maximum Gasteiger partial charge on any atom is 0.513 e. The van der Waals surface area contributed by atoms with E-state index in [0.29, 0.717) is 34.9 Å². The fraction of sp³-hybridized carbons (Fsp3) is 0.579. The highest BCUT2D eigenvalue weighted by Gasteiger charge is 2.57. The summed E-state index contributed by atoms with van der Waals surface area (Å²) in [6.45, 7) is 3.88. The number of nitrogens with zero attached hydrogens (tertiary/aromatic N) is 1. The van der Waals surface area contributed by atoms with Gasteiger partial charge in [-0.25, -0.2) is 14.4 Å². The molecule has 268 valence electrons. The summed E-state index contributed by atoms with van der Waals surface area (Å²) in [6.07, 6.45) is 6.17. The zero-order chi connectivity index (χ0) is 34.7. The van der Waals surface area contributed by atoms with Gasteiger partial charge in [0.2, 0.25) is 6.29 Å². The molecule has 0 radical (unpaired) electrons. The van der Waals surface area contributed by atoms with Crippen LogP contribution in [-0.4, -0.2) is 89.3 Å². The number of rotatable bonds is 12. The van der Waals surface area contributed by atoms with Gasteiger partial charge in [-0.1, -0.05) is 67.1 Å². The van der Waals surface area contributed by atoms with Gasteiger partial charge in [-0.3, -0.25) is 4.79 Å². The summed E-state index contributed by atoms with van der Waals surface area (Å²) in [4.78, 5) is 52.3. The third-order valence-corrected chi connectivity index (χ3v) is 13.0. The highest BCUT2D eigenvalue weighted by molar-refractivity contribution is 8.00. The molecule has 2 amide bonds. The number of thioether (sulfide) groups is 1. The number of urea groups is 1. The number of amides is 2. The van der Waals surface area contributed by atoms with E-state index >= 15 is 0 Å². The van der Waals surface area contributed by atoms with Crippen molar-refractivity contribution < 1.29 is 42.6 Å². The lowest BCUT2D eigenvalue weighted by molar-refractivity contribution is -0.956. The average molecular weight is 707 g/mol. The van der Waals surface area contributed by atoms with Gasteiger partial charge in [0.05, 0.1) is 37.3 Å². The van der Waals surface area contributed by atoms with Crippen molar-refractivity contribution in [3.8, 4) is 0 Å². The molecule has 50 heavy (non-hydrogen) atoms. The topological polar surface area (TPSA) is 129 Å². The highest BCUT2D eigenvalue weighted by atomic mass is 32.2. The molecule has 11 nitrogen and oxygen atoms in total. The van der Waals surface area contributed by atoms with Crippen LogP contribution in [0.25, 0.3) is 0 Å². The van der Waals surface area contributed by atoms with Gasteiger partial charge >= 0.3 is 24.1 Å². The number of quaternary nitrogens is 1. The number of hydrogen-bond donors (Lipinski definition) is 2. The van der Waals surface area contributed by atoms with Crippen LogP contribution < -0.4 is 10.6 Å². The van der Waals surface area contributed by atoms with Crippen LogP contribution in [0, 0.1) is 0 Å². The Kier molecular flexibility index (Phi) is 10.3. The van der Waals surface area contributed by atoms with E-state index in [0.717, 1.165) is 44.3 Å². The second kappa shape index (κ2) is 14.8. The summed E-state index contributed by atoms with van der Waals surface area (Å²) in [6, 6.07) is 18.9. The zero-order valence-corrected chi connectivity index (χ0v) is 29.4. The molecule has 5 saturated heterocycles. The summed E-state index contributed by atoms with van der Waals surface area (Å²) in [7, 11) is 0. The maximum atomic E-state index is 14.5. The van der Waals surface area contributed by atoms with Crippen LogP contribution in [0.4, 0.5) is 9.59 Å². The van der Waals surface area contributed by atoms with Crippen molar-refractivity contribution in [1.29, 1.82) is 0 Å². The monoisotopic (exact) mass is 706 g/mol. The summed E-state index contributed by atoms with van der Waals surface area (Å²) >= 11 is 1.83. The largest absolute Gasteiger partial charge is 0.513 e. The van der Waals surface area contributed by atoms with Crippen molar-refractivity contribution in [2.75, 3.05) is 18.8 Å². The fourth-order valence-corrected chi connectivity index (χ4v) is 10.8. The van der Waals surface area contributed by atoms with E-state index in [1.165, 1.54) is 37.3 Å². The van der Waals surface area contributed by atoms with E-state index in [2.05, 4.69) is 10.6 Å². The minimum Gasteiger partial charge on any atom is -0.458 e. The number of fused-ring (bicyclic) bond motifs is 1. The minimum absolute atomic E-state index is 0.115. The molecule has 0 aromatic heterocycles. The van der Waals surface area contributed by atoms with Crippen LogP contribution in [0.2, 0.25) is 0 Å². The molecule has 3 unspecified atom stereocenters. The smallest absolute Gasteiger partial charge is 0.458 e. The van der Waals surface area contributed by atoms with Gasteiger partial charge in [-0.05, 0) is 12.8 Å². The fourth-order valence-electron chi connectivity index (χ4n) is 9.26. The number of esters is 2. The number of ether oxygens (including phenoxy) is 4. The van der Waals surface area contributed by atoms with Gasteiger partial charge in [-0.2, -0.15) is 11.8 Å². The van der Waals surface area contributed by atoms with Gasteiger partial charge in [0.25, 0.3) is 5.60 Å². The van der Waals surface area contributed by atoms with Crippen molar-refractivity contribution in [3.05, 3.63) is 71.8 Å². The van der Waals surface area contributed by atoms with Crippen LogP contribution in [-0.2, 0) is 34.1 Å². The molecule has 2 bridgehead atoms. The van der Waals surface area contributed by atoms with E-state index in [-0.39, 0.29) is 30.6 Å². The first-order valence-corrected chi connectivity index (χ1v) is 19.3. The summed E-state index contributed by atoms with van der Waals surface area (Å²) in [5.74, 6) is -0.286. The molecule has 5 aliphatic heterocycles. The predicted molar refractivity (Wildman–Crippen MR) is 186 cm³/mol. The first kappa shape index (κ1) is 34.7.